The van der Waals surface area contributed by atoms with E-state index in [-0.39, 0.29) is 18.2 Å². The zero-order valence-electron chi connectivity index (χ0n) is 12.7. The normalized spacial score (nSPS) is 21.6. The summed E-state index contributed by atoms with van der Waals surface area (Å²) in [5, 5.41) is 0. The highest BCUT2D eigenvalue weighted by Crippen LogP contribution is 2.26. The van der Waals surface area contributed by atoms with Crippen LogP contribution in [0.1, 0.15) is 34.6 Å². The third kappa shape index (κ3) is 4.37. The Morgan fingerprint density at radius 1 is 1.05 bits per heavy atom. The average molecular weight is 278 g/mol. The lowest BCUT2D eigenvalue weighted by Crippen LogP contribution is -2.28. The van der Waals surface area contributed by atoms with E-state index in [2.05, 4.69) is 0 Å². The molecule has 1 unspecified atom stereocenters. The first kappa shape index (κ1) is 16.2. The van der Waals surface area contributed by atoms with E-state index >= 15 is 0 Å². The highest BCUT2D eigenvalue weighted by atomic mass is 16.5. The number of hydrogen-bond donors (Lipinski definition) is 0. The van der Waals surface area contributed by atoms with Gasteiger partial charge in [0.05, 0.1) is 17.8 Å². The van der Waals surface area contributed by atoms with Crippen molar-refractivity contribution in [2.75, 3.05) is 0 Å². The second-order valence-corrected chi connectivity index (χ2v) is 5.51. The molecule has 0 aliphatic heterocycles. The Balaban J connectivity index is 2.86. The molecule has 1 aliphatic carbocycles. The fourth-order valence-corrected chi connectivity index (χ4v) is 1.62. The van der Waals surface area contributed by atoms with Gasteiger partial charge < -0.3 is 9.47 Å². The molecule has 0 amide bonds. The topological polar surface area (TPSA) is 52.6 Å². The predicted octanol–water partition coefficient (Wildman–Crippen LogP) is 2.95. The minimum Gasteiger partial charge on any atom is -0.462 e. The zero-order chi connectivity index (χ0) is 15.3. The van der Waals surface area contributed by atoms with Crippen LogP contribution in [-0.4, -0.2) is 24.1 Å². The fourth-order valence-electron chi connectivity index (χ4n) is 1.62. The Morgan fingerprint density at radius 3 is 2.20 bits per heavy atom. The molecule has 0 aromatic heterocycles. The monoisotopic (exact) mass is 278 g/mol. The molecule has 0 saturated carbocycles. The van der Waals surface area contributed by atoms with Crippen LogP contribution in [0, 0.1) is 5.41 Å². The molecule has 1 rings (SSSR count). The summed E-state index contributed by atoms with van der Waals surface area (Å²) in [7, 11) is 0. The summed E-state index contributed by atoms with van der Waals surface area (Å²) in [5.74, 6) is -0.741. The van der Waals surface area contributed by atoms with Crippen molar-refractivity contribution in [2.45, 2.75) is 46.8 Å². The van der Waals surface area contributed by atoms with Crippen molar-refractivity contribution in [1.82, 2.24) is 0 Å². The molecule has 1 aliphatic rings. The minimum absolute atomic E-state index is 0.178. The lowest BCUT2D eigenvalue weighted by molar-refractivity contribution is -0.153. The van der Waals surface area contributed by atoms with E-state index in [1.807, 2.05) is 0 Å². The second-order valence-electron chi connectivity index (χ2n) is 5.51. The molecule has 0 saturated heterocycles. The highest BCUT2D eigenvalue weighted by Gasteiger charge is 2.31. The van der Waals surface area contributed by atoms with Crippen LogP contribution in [0.4, 0.5) is 0 Å². The first-order valence-corrected chi connectivity index (χ1v) is 6.75. The van der Waals surface area contributed by atoms with Crippen LogP contribution in [0.2, 0.25) is 0 Å². The predicted molar refractivity (Wildman–Crippen MR) is 76.9 cm³/mol. The van der Waals surface area contributed by atoms with Crippen LogP contribution in [0.3, 0.4) is 0 Å². The summed E-state index contributed by atoms with van der Waals surface area (Å²) in [6.07, 6.45) is 7.93. The van der Waals surface area contributed by atoms with Crippen LogP contribution >= 0.6 is 0 Å². The van der Waals surface area contributed by atoms with Crippen molar-refractivity contribution in [2.24, 2.45) is 5.41 Å². The molecular formula is C16H22O4. The number of ether oxygens (including phenoxy) is 2. The van der Waals surface area contributed by atoms with Gasteiger partial charge in [0.1, 0.15) is 5.41 Å². The fraction of sp³-hybridized carbons (Fsp3) is 0.500. The van der Waals surface area contributed by atoms with Crippen molar-refractivity contribution < 1.29 is 19.1 Å². The first-order chi connectivity index (χ1) is 9.24. The van der Waals surface area contributed by atoms with E-state index in [0.29, 0.717) is 5.57 Å². The smallest absolute Gasteiger partial charge is 0.338 e. The summed E-state index contributed by atoms with van der Waals surface area (Å²) in [6, 6.07) is 0. The minimum atomic E-state index is -0.874. The summed E-state index contributed by atoms with van der Waals surface area (Å²) < 4.78 is 10.4. The Morgan fingerprint density at radius 2 is 1.65 bits per heavy atom. The van der Waals surface area contributed by atoms with Crippen LogP contribution in [0.25, 0.3) is 0 Å². The van der Waals surface area contributed by atoms with Crippen molar-refractivity contribution in [1.29, 1.82) is 0 Å². The standard InChI is InChI=1S/C16H22O4/c1-11(2)19-14(17)13-7-6-9-16(5,10-8-13)15(18)20-12(3)4/h6-12H,1-5H3. The number of allylic oxidation sites excluding steroid dienone is 2. The molecular weight excluding hydrogens is 256 g/mol. The van der Waals surface area contributed by atoms with Crippen molar-refractivity contribution >= 4 is 11.9 Å². The van der Waals surface area contributed by atoms with Crippen molar-refractivity contribution in [3.63, 3.8) is 0 Å². The molecule has 20 heavy (non-hydrogen) atoms. The van der Waals surface area contributed by atoms with Gasteiger partial charge in [-0.3, -0.25) is 4.79 Å². The summed E-state index contributed by atoms with van der Waals surface area (Å²) in [4.78, 5) is 23.9. The van der Waals surface area contributed by atoms with Gasteiger partial charge in [-0.05, 0) is 40.7 Å². The van der Waals surface area contributed by atoms with Crippen molar-refractivity contribution in [3.05, 3.63) is 36.0 Å². The Hall–Kier alpha value is -1.84. The molecule has 0 radical (unpaired) electrons. The third-order valence-electron chi connectivity index (χ3n) is 2.69. The Bertz CT molecular complexity index is 469. The quantitative estimate of drug-likeness (QED) is 0.742. The molecule has 4 nitrogen and oxygen atoms in total. The zero-order valence-corrected chi connectivity index (χ0v) is 12.7. The summed E-state index contributed by atoms with van der Waals surface area (Å²) in [6.45, 7) is 8.93. The maximum absolute atomic E-state index is 12.1. The van der Waals surface area contributed by atoms with Gasteiger partial charge in [-0.25, -0.2) is 4.79 Å². The number of carbonyl (C=O) groups excluding carboxylic acids is 2. The Labute approximate surface area is 120 Å². The van der Waals surface area contributed by atoms with Crippen LogP contribution in [0.15, 0.2) is 36.0 Å². The van der Waals surface area contributed by atoms with E-state index in [9.17, 15) is 9.59 Å². The van der Waals surface area contributed by atoms with E-state index < -0.39 is 11.4 Å². The van der Waals surface area contributed by atoms with E-state index in [0.717, 1.165) is 0 Å². The lowest BCUT2D eigenvalue weighted by Gasteiger charge is -2.21. The molecule has 0 aromatic rings. The molecule has 4 heteroatoms. The van der Waals surface area contributed by atoms with Gasteiger partial charge >= 0.3 is 11.9 Å². The maximum atomic E-state index is 12.1. The number of carbonyl (C=O) groups is 2. The number of hydrogen-bond acceptors (Lipinski definition) is 4. The third-order valence-corrected chi connectivity index (χ3v) is 2.69. The molecule has 0 spiro atoms. The highest BCUT2D eigenvalue weighted by molar-refractivity contribution is 5.93. The lowest BCUT2D eigenvalue weighted by atomic mass is 9.90. The molecule has 0 bridgehead atoms. The van der Waals surface area contributed by atoms with Gasteiger partial charge in [0, 0.05) is 0 Å². The molecule has 0 N–H and O–H groups in total. The number of esters is 2. The van der Waals surface area contributed by atoms with Gasteiger partial charge in [0.2, 0.25) is 0 Å². The summed E-state index contributed by atoms with van der Waals surface area (Å²) >= 11 is 0. The van der Waals surface area contributed by atoms with Crippen LogP contribution < -0.4 is 0 Å². The average Bonchev–Trinajstić information content (AvgIpc) is 2.50. The number of rotatable bonds is 4. The van der Waals surface area contributed by atoms with E-state index in [4.69, 9.17) is 9.47 Å². The molecule has 0 aromatic carbocycles. The van der Waals surface area contributed by atoms with Crippen molar-refractivity contribution in [3.8, 4) is 0 Å². The second kappa shape index (κ2) is 6.55. The first-order valence-electron chi connectivity index (χ1n) is 6.75. The Kier molecular flexibility index (Phi) is 5.31. The summed E-state index contributed by atoms with van der Waals surface area (Å²) in [5.41, 5.74) is -0.461. The van der Waals surface area contributed by atoms with Crippen LogP contribution in [0.5, 0.6) is 0 Å². The van der Waals surface area contributed by atoms with Gasteiger partial charge in [-0.2, -0.15) is 0 Å². The van der Waals surface area contributed by atoms with Gasteiger partial charge in [-0.1, -0.05) is 24.3 Å². The van der Waals surface area contributed by atoms with E-state index in [1.165, 1.54) is 0 Å². The largest absolute Gasteiger partial charge is 0.462 e. The molecule has 110 valence electrons. The van der Waals surface area contributed by atoms with Crippen LogP contribution in [-0.2, 0) is 19.1 Å². The van der Waals surface area contributed by atoms with Gasteiger partial charge in [0.15, 0.2) is 0 Å². The van der Waals surface area contributed by atoms with E-state index in [1.54, 1.807) is 65.0 Å². The van der Waals surface area contributed by atoms with Gasteiger partial charge in [-0.15, -0.1) is 0 Å². The SMILES string of the molecule is CC(C)OC(=O)C1=CC=CC(C)(C(=O)OC(C)C)C=C1. The maximum Gasteiger partial charge on any atom is 0.338 e. The molecule has 0 heterocycles. The van der Waals surface area contributed by atoms with Gasteiger partial charge in [0.25, 0.3) is 0 Å². The molecule has 0 fully saturated rings. The molecule has 1 atom stereocenters.